The van der Waals surface area contributed by atoms with Crippen LogP contribution in [-0.4, -0.2) is 24.4 Å². The minimum Gasteiger partial charge on any atom is -0.508 e. The number of phenols is 2. The minimum atomic E-state index is -1.20. The smallest absolute Gasteiger partial charge is 0.167 e. The van der Waals surface area contributed by atoms with Gasteiger partial charge in [-0.3, -0.25) is 0 Å². The molecule has 0 spiro atoms. The van der Waals surface area contributed by atoms with Gasteiger partial charge in [-0.25, -0.2) is 8.78 Å². The van der Waals surface area contributed by atoms with Gasteiger partial charge >= 0.3 is 0 Å². The molecule has 0 aliphatic carbocycles. The highest BCUT2D eigenvalue weighted by Gasteiger charge is 2.29. The van der Waals surface area contributed by atoms with Crippen LogP contribution in [0.5, 0.6) is 23.0 Å². The Labute approximate surface area is 239 Å². The van der Waals surface area contributed by atoms with Crippen LogP contribution in [0.3, 0.4) is 0 Å². The van der Waals surface area contributed by atoms with Gasteiger partial charge in [-0.2, -0.15) is 0 Å². The molecule has 4 nitrogen and oxygen atoms in total. The number of aromatic hydroxyl groups is 2. The predicted molar refractivity (Wildman–Crippen MR) is 155 cm³/mol. The van der Waals surface area contributed by atoms with E-state index < -0.39 is 11.6 Å². The molecule has 40 heavy (non-hydrogen) atoms. The van der Waals surface area contributed by atoms with Crippen molar-refractivity contribution in [3.8, 4) is 67.5 Å². The lowest BCUT2D eigenvalue weighted by atomic mass is 9.82. The van der Waals surface area contributed by atoms with E-state index in [-0.39, 0.29) is 49.4 Å². The van der Waals surface area contributed by atoms with Gasteiger partial charge in [-0.15, -0.1) is 0 Å². The Balaban J connectivity index is 2.05. The van der Waals surface area contributed by atoms with Crippen LogP contribution < -0.4 is 9.47 Å². The van der Waals surface area contributed by atoms with Crippen molar-refractivity contribution in [1.82, 2.24) is 0 Å². The molecule has 0 saturated carbocycles. The van der Waals surface area contributed by atoms with Gasteiger partial charge < -0.3 is 19.7 Å². The zero-order chi connectivity index (χ0) is 28.6. The van der Waals surface area contributed by atoms with Crippen LogP contribution in [0.4, 0.5) is 8.78 Å². The Morgan fingerprint density at radius 1 is 0.525 bits per heavy atom. The quantitative estimate of drug-likeness (QED) is 0.211. The third-order valence-corrected chi connectivity index (χ3v) is 6.86. The van der Waals surface area contributed by atoms with Crippen molar-refractivity contribution in [2.45, 2.75) is 0 Å². The average molecular weight is 579 g/mol. The summed E-state index contributed by atoms with van der Waals surface area (Å²) < 4.78 is 43.8. The molecular weight excluding hydrogens is 557 g/mol. The van der Waals surface area contributed by atoms with Gasteiger partial charge in [-0.1, -0.05) is 53.5 Å². The number of phenolic OH excluding ortho intramolecular Hbond substituents is 2. The molecule has 2 N–H and O–H groups in total. The van der Waals surface area contributed by atoms with Gasteiger partial charge in [0.2, 0.25) is 0 Å². The van der Waals surface area contributed by atoms with Crippen molar-refractivity contribution in [2.24, 2.45) is 0 Å². The summed E-state index contributed by atoms with van der Waals surface area (Å²) in [5.74, 6) is -2.18. The highest BCUT2D eigenvalue weighted by atomic mass is 35.5. The lowest BCUT2D eigenvalue weighted by Crippen LogP contribution is -2.03. The average Bonchev–Trinajstić information content (AvgIpc) is 2.93. The second kappa shape index (κ2) is 11.1. The molecule has 0 amide bonds. The number of ether oxygens (including phenoxy) is 2. The Bertz CT molecular complexity index is 1680. The molecule has 0 atom stereocenters. The third-order valence-electron chi connectivity index (χ3n) is 6.43. The maximum Gasteiger partial charge on any atom is 0.167 e. The molecule has 5 aromatic rings. The number of rotatable bonds is 6. The van der Waals surface area contributed by atoms with E-state index in [1.807, 2.05) is 6.07 Å². The first-order valence-corrected chi connectivity index (χ1v) is 12.8. The van der Waals surface area contributed by atoms with E-state index in [0.29, 0.717) is 28.2 Å². The fourth-order valence-electron chi connectivity index (χ4n) is 4.80. The molecule has 0 heterocycles. The third kappa shape index (κ3) is 5.16. The standard InChI is InChI=1S/C32H22Cl2F2O4/c1-39-25-12-20(13-26(16-25)40-2)28-27(17-6-4-3-5-7-17)29(18-8-21(33)14-22(34)9-18)31(35)32(36)30(28)19-10-23(37)15-24(38)11-19/h3-16,37-38H,1-2H3. The Morgan fingerprint density at radius 3 is 1.48 bits per heavy atom. The summed E-state index contributed by atoms with van der Waals surface area (Å²) in [6.07, 6.45) is 0. The lowest BCUT2D eigenvalue weighted by Gasteiger charge is -2.23. The fraction of sp³-hybridized carbons (Fsp3) is 0.0625. The molecule has 0 aliphatic rings. The summed E-state index contributed by atoms with van der Waals surface area (Å²) in [5.41, 5.74) is 1.64. The zero-order valence-corrected chi connectivity index (χ0v) is 22.8. The van der Waals surface area contributed by atoms with Crippen molar-refractivity contribution >= 4 is 23.2 Å². The van der Waals surface area contributed by atoms with Crippen LogP contribution >= 0.6 is 23.2 Å². The summed E-state index contributed by atoms with van der Waals surface area (Å²) >= 11 is 12.6. The summed E-state index contributed by atoms with van der Waals surface area (Å²) in [7, 11) is 2.96. The van der Waals surface area contributed by atoms with E-state index >= 15 is 8.78 Å². The number of hydrogen-bond donors (Lipinski definition) is 2. The second-order valence-electron chi connectivity index (χ2n) is 8.99. The van der Waals surface area contributed by atoms with E-state index in [4.69, 9.17) is 32.7 Å². The van der Waals surface area contributed by atoms with E-state index in [9.17, 15) is 10.2 Å². The Kier molecular flexibility index (Phi) is 7.57. The maximum atomic E-state index is 16.4. The zero-order valence-electron chi connectivity index (χ0n) is 21.3. The molecular formula is C32H22Cl2F2O4. The predicted octanol–water partition coefficient (Wildman–Crippen LogP) is 9.37. The minimum absolute atomic E-state index is 0.0542. The van der Waals surface area contributed by atoms with Crippen LogP contribution in [0.1, 0.15) is 0 Å². The second-order valence-corrected chi connectivity index (χ2v) is 9.86. The van der Waals surface area contributed by atoms with Gasteiger partial charge in [0, 0.05) is 44.4 Å². The van der Waals surface area contributed by atoms with Crippen LogP contribution in [0, 0.1) is 11.6 Å². The lowest BCUT2D eigenvalue weighted by molar-refractivity contribution is 0.394. The molecule has 0 aromatic heterocycles. The van der Waals surface area contributed by atoms with Gasteiger partial charge in [-0.05, 0) is 64.7 Å². The van der Waals surface area contributed by atoms with Crippen molar-refractivity contribution in [3.05, 3.63) is 107 Å². The van der Waals surface area contributed by atoms with E-state index in [1.54, 1.807) is 42.5 Å². The molecule has 0 aliphatic heterocycles. The molecule has 202 valence electrons. The normalized spacial score (nSPS) is 10.9. The van der Waals surface area contributed by atoms with E-state index in [1.165, 1.54) is 44.6 Å². The monoisotopic (exact) mass is 578 g/mol. The van der Waals surface area contributed by atoms with Crippen molar-refractivity contribution in [3.63, 3.8) is 0 Å². The summed E-state index contributed by atoms with van der Waals surface area (Å²) in [5, 5.41) is 21.0. The van der Waals surface area contributed by atoms with Crippen LogP contribution in [0.25, 0.3) is 44.5 Å². The molecule has 5 aromatic carbocycles. The summed E-state index contributed by atoms with van der Waals surface area (Å²) in [6.45, 7) is 0. The molecule has 0 unspecified atom stereocenters. The maximum absolute atomic E-state index is 16.4. The number of methoxy groups -OCH3 is 2. The van der Waals surface area contributed by atoms with Gasteiger partial charge in [0.1, 0.15) is 23.0 Å². The van der Waals surface area contributed by atoms with Gasteiger partial charge in [0.15, 0.2) is 11.6 Å². The van der Waals surface area contributed by atoms with Crippen molar-refractivity contribution < 1.29 is 28.5 Å². The van der Waals surface area contributed by atoms with E-state index in [2.05, 4.69) is 0 Å². The molecule has 5 rings (SSSR count). The molecule has 0 bridgehead atoms. The fourth-order valence-corrected chi connectivity index (χ4v) is 5.33. The van der Waals surface area contributed by atoms with Crippen molar-refractivity contribution in [1.29, 1.82) is 0 Å². The topological polar surface area (TPSA) is 58.9 Å². The molecule has 0 saturated heterocycles. The highest BCUT2D eigenvalue weighted by molar-refractivity contribution is 6.35. The first kappa shape index (κ1) is 27.3. The number of halogens is 4. The Hall–Kier alpha value is -4.26. The Morgan fingerprint density at radius 2 is 0.975 bits per heavy atom. The SMILES string of the molecule is COc1cc(OC)cc(-c2c(-c3cc(O)cc(O)c3)c(F)c(F)c(-c3cc(Cl)cc(Cl)c3)c2-c2ccccc2)c1. The van der Waals surface area contributed by atoms with Crippen LogP contribution in [0.2, 0.25) is 10.0 Å². The largest absolute Gasteiger partial charge is 0.508 e. The molecule has 0 fully saturated rings. The summed E-state index contributed by atoms with van der Waals surface area (Å²) in [4.78, 5) is 0. The number of hydrogen-bond acceptors (Lipinski definition) is 4. The van der Waals surface area contributed by atoms with Gasteiger partial charge in [0.05, 0.1) is 14.2 Å². The summed E-state index contributed by atoms with van der Waals surface area (Å²) in [6, 6.07) is 22.0. The van der Waals surface area contributed by atoms with Crippen molar-refractivity contribution in [2.75, 3.05) is 14.2 Å². The van der Waals surface area contributed by atoms with Gasteiger partial charge in [0.25, 0.3) is 0 Å². The van der Waals surface area contributed by atoms with Crippen LogP contribution in [-0.2, 0) is 0 Å². The first-order valence-electron chi connectivity index (χ1n) is 12.0. The number of benzene rings is 5. The molecule has 0 radical (unpaired) electrons. The van der Waals surface area contributed by atoms with Crippen LogP contribution in [0.15, 0.2) is 84.9 Å². The first-order chi connectivity index (χ1) is 19.2. The molecule has 8 heteroatoms. The van der Waals surface area contributed by atoms with E-state index in [0.717, 1.165) is 6.07 Å². The highest BCUT2D eigenvalue weighted by Crippen LogP contribution is 2.50.